The van der Waals surface area contributed by atoms with Gasteiger partial charge in [-0.15, -0.1) is 0 Å². The lowest BCUT2D eigenvalue weighted by molar-refractivity contribution is 0.0478. The molecule has 5 rings (SSSR count). The summed E-state index contributed by atoms with van der Waals surface area (Å²) in [5, 5.41) is 0. The van der Waals surface area contributed by atoms with E-state index in [0.717, 1.165) is 67.0 Å². The Labute approximate surface area is 208 Å². The number of rotatable bonds is 10. The fourth-order valence-electron chi connectivity index (χ4n) is 5.96. The summed E-state index contributed by atoms with van der Waals surface area (Å²) in [6.45, 7) is 4.15. The molecule has 0 spiro atoms. The first-order valence-electron chi connectivity index (χ1n) is 13.3. The van der Waals surface area contributed by atoms with E-state index in [1.54, 1.807) is 0 Å². The third-order valence-electron chi connectivity index (χ3n) is 7.77. The molecule has 2 aromatic carbocycles. The van der Waals surface area contributed by atoms with Crippen molar-refractivity contribution in [2.75, 3.05) is 31.3 Å². The molecular weight excluding hydrogens is 443 g/mol. The summed E-state index contributed by atoms with van der Waals surface area (Å²) < 4.78 is 24.8. The van der Waals surface area contributed by atoms with E-state index in [1.807, 2.05) is 47.4 Å². The Bertz CT molecular complexity index is 997. The summed E-state index contributed by atoms with van der Waals surface area (Å²) in [5.74, 6) is 1.74. The van der Waals surface area contributed by atoms with Gasteiger partial charge in [0.1, 0.15) is 17.6 Å². The van der Waals surface area contributed by atoms with Gasteiger partial charge in [-0.05, 0) is 93.0 Å². The van der Waals surface area contributed by atoms with Gasteiger partial charge in [-0.2, -0.15) is 0 Å². The summed E-state index contributed by atoms with van der Waals surface area (Å²) >= 11 is 0. The second kappa shape index (κ2) is 11.0. The number of carbonyl (C=O) groups is 1. The Hall–Kier alpha value is -2.60. The molecule has 0 radical (unpaired) electrons. The lowest BCUT2D eigenvalue weighted by Crippen LogP contribution is -2.46. The second-order valence-corrected chi connectivity index (χ2v) is 10.1. The minimum Gasteiger partial charge on any atom is -0.494 e. The van der Waals surface area contributed by atoms with Gasteiger partial charge in [0.2, 0.25) is 0 Å². The van der Waals surface area contributed by atoms with Gasteiger partial charge in [-0.25, -0.2) is 0 Å². The number of ether oxygens (including phenoxy) is 2. The van der Waals surface area contributed by atoms with Crippen LogP contribution in [0, 0.1) is 0 Å². The summed E-state index contributed by atoms with van der Waals surface area (Å²) in [6, 6.07) is 14.8. The molecule has 5 nitrogen and oxygen atoms in total. The number of nitrogens with zero attached hydrogens (tertiary/aromatic N) is 2. The van der Waals surface area contributed by atoms with E-state index in [1.165, 1.54) is 12.8 Å². The second-order valence-electron chi connectivity index (χ2n) is 10.1. The fraction of sp³-hybridized carbons (Fsp3) is 0.552. The SMILES string of the molecule is CCCCOc1ccc2c(c1)CCN(c1ccc(OC3C[C@H]4CC[C@@H](C3)N4CCCF)cc1)C2=O. The van der Waals surface area contributed by atoms with Crippen LogP contribution in [-0.2, 0) is 6.42 Å². The molecule has 0 aromatic heterocycles. The van der Waals surface area contributed by atoms with Crippen LogP contribution in [0.1, 0.15) is 67.8 Å². The van der Waals surface area contributed by atoms with E-state index in [0.29, 0.717) is 31.7 Å². The number of halogens is 1. The van der Waals surface area contributed by atoms with Crippen molar-refractivity contribution < 1.29 is 18.7 Å². The van der Waals surface area contributed by atoms with Crippen molar-refractivity contribution in [1.29, 1.82) is 0 Å². The Kier molecular flexibility index (Phi) is 7.57. The number of hydrogen-bond donors (Lipinski definition) is 0. The molecule has 188 valence electrons. The van der Waals surface area contributed by atoms with E-state index in [4.69, 9.17) is 9.47 Å². The van der Waals surface area contributed by atoms with Gasteiger partial charge in [0.15, 0.2) is 0 Å². The average Bonchev–Trinajstić information content (AvgIpc) is 3.11. The number of fused-ring (bicyclic) bond motifs is 3. The number of piperidine rings is 1. The van der Waals surface area contributed by atoms with Crippen molar-refractivity contribution in [2.45, 2.75) is 76.5 Å². The zero-order valence-corrected chi connectivity index (χ0v) is 20.8. The van der Waals surface area contributed by atoms with E-state index in [-0.39, 0.29) is 18.7 Å². The highest BCUT2D eigenvalue weighted by Gasteiger charge is 2.41. The smallest absolute Gasteiger partial charge is 0.258 e. The molecule has 3 aliphatic heterocycles. The third kappa shape index (κ3) is 5.32. The van der Waals surface area contributed by atoms with E-state index in [9.17, 15) is 9.18 Å². The van der Waals surface area contributed by atoms with Crippen LogP contribution in [-0.4, -0.2) is 55.4 Å². The number of anilines is 1. The third-order valence-corrected chi connectivity index (χ3v) is 7.77. The Morgan fingerprint density at radius 3 is 2.46 bits per heavy atom. The van der Waals surface area contributed by atoms with Gasteiger partial charge >= 0.3 is 0 Å². The number of unbranched alkanes of at least 4 members (excludes halogenated alkanes) is 1. The van der Waals surface area contributed by atoms with Crippen LogP contribution < -0.4 is 14.4 Å². The standard InChI is InChI=1S/C29H37FN2O3/c1-2-3-17-34-26-11-12-28-21(18-26)13-16-32(29(28)33)22-7-9-25(10-8-22)35-27-19-23-5-6-24(20-27)31(23)15-4-14-30/h7-12,18,23-24,27H,2-6,13-17,19-20H2,1H3/t23-,24+,27?. The van der Waals surface area contributed by atoms with Gasteiger partial charge < -0.3 is 14.4 Å². The first kappa shape index (κ1) is 24.1. The molecule has 0 saturated carbocycles. The lowest BCUT2D eigenvalue weighted by atomic mass is 9.98. The predicted molar refractivity (Wildman–Crippen MR) is 136 cm³/mol. The molecule has 6 heteroatoms. The molecule has 3 atom stereocenters. The molecule has 2 fully saturated rings. The van der Waals surface area contributed by atoms with Crippen LogP contribution in [0.25, 0.3) is 0 Å². The normalized spacial score (nSPS) is 23.9. The highest BCUT2D eigenvalue weighted by atomic mass is 19.1. The van der Waals surface area contributed by atoms with Crippen LogP contribution in [0.5, 0.6) is 11.5 Å². The summed E-state index contributed by atoms with van der Waals surface area (Å²) in [6.07, 6.45) is 8.20. The monoisotopic (exact) mass is 480 g/mol. The van der Waals surface area contributed by atoms with Crippen molar-refractivity contribution in [3.05, 3.63) is 53.6 Å². The topological polar surface area (TPSA) is 42.0 Å². The Morgan fingerprint density at radius 1 is 1.00 bits per heavy atom. The molecule has 3 heterocycles. The van der Waals surface area contributed by atoms with Gasteiger partial charge in [-0.3, -0.25) is 14.1 Å². The Morgan fingerprint density at radius 2 is 1.74 bits per heavy atom. The summed E-state index contributed by atoms with van der Waals surface area (Å²) in [4.78, 5) is 17.6. The predicted octanol–water partition coefficient (Wildman–Crippen LogP) is 5.80. The van der Waals surface area contributed by atoms with Crippen LogP contribution in [0.2, 0.25) is 0 Å². The molecule has 35 heavy (non-hydrogen) atoms. The molecule has 0 aliphatic carbocycles. The number of benzene rings is 2. The number of carbonyl (C=O) groups excluding carboxylic acids is 1. The van der Waals surface area contributed by atoms with Gasteiger partial charge in [-0.1, -0.05) is 13.3 Å². The van der Waals surface area contributed by atoms with Crippen molar-refractivity contribution in [3.63, 3.8) is 0 Å². The van der Waals surface area contributed by atoms with Crippen molar-refractivity contribution in [3.8, 4) is 11.5 Å². The first-order valence-corrected chi connectivity index (χ1v) is 13.3. The zero-order valence-electron chi connectivity index (χ0n) is 20.8. The first-order chi connectivity index (χ1) is 17.2. The number of alkyl halides is 1. The van der Waals surface area contributed by atoms with Gasteiger partial charge in [0.05, 0.1) is 13.3 Å². The molecule has 2 bridgehead atoms. The zero-order chi connectivity index (χ0) is 24.2. The minimum absolute atomic E-state index is 0.0391. The average molecular weight is 481 g/mol. The van der Waals surface area contributed by atoms with Crippen LogP contribution in [0.3, 0.4) is 0 Å². The molecule has 1 amide bonds. The maximum Gasteiger partial charge on any atom is 0.258 e. The fourth-order valence-corrected chi connectivity index (χ4v) is 5.96. The number of amides is 1. The maximum absolute atomic E-state index is 13.2. The summed E-state index contributed by atoms with van der Waals surface area (Å²) in [7, 11) is 0. The van der Waals surface area contributed by atoms with Crippen molar-refractivity contribution in [2.24, 2.45) is 0 Å². The molecule has 2 aromatic rings. The Balaban J connectivity index is 1.19. The highest BCUT2D eigenvalue weighted by molar-refractivity contribution is 6.08. The van der Waals surface area contributed by atoms with E-state index < -0.39 is 0 Å². The number of hydrogen-bond acceptors (Lipinski definition) is 4. The molecule has 1 unspecified atom stereocenters. The molecular formula is C29H37FN2O3. The quantitative estimate of drug-likeness (QED) is 0.403. The van der Waals surface area contributed by atoms with E-state index in [2.05, 4.69) is 11.8 Å². The summed E-state index contributed by atoms with van der Waals surface area (Å²) in [5.41, 5.74) is 2.72. The van der Waals surface area contributed by atoms with Gasteiger partial charge in [0.25, 0.3) is 5.91 Å². The van der Waals surface area contributed by atoms with Crippen molar-refractivity contribution in [1.82, 2.24) is 4.90 Å². The van der Waals surface area contributed by atoms with Crippen LogP contribution in [0.4, 0.5) is 10.1 Å². The van der Waals surface area contributed by atoms with Crippen LogP contribution >= 0.6 is 0 Å². The van der Waals surface area contributed by atoms with Crippen molar-refractivity contribution >= 4 is 11.6 Å². The van der Waals surface area contributed by atoms with E-state index >= 15 is 0 Å². The molecule has 0 N–H and O–H groups in total. The highest BCUT2D eigenvalue weighted by Crippen LogP contribution is 2.37. The van der Waals surface area contributed by atoms with Crippen LogP contribution in [0.15, 0.2) is 42.5 Å². The minimum atomic E-state index is -0.234. The lowest BCUT2D eigenvalue weighted by Gasteiger charge is -2.38. The van der Waals surface area contributed by atoms with Gasteiger partial charge in [0, 0.05) is 36.4 Å². The maximum atomic E-state index is 13.2. The largest absolute Gasteiger partial charge is 0.494 e. The molecule has 3 aliphatic rings. The molecule has 2 saturated heterocycles.